The van der Waals surface area contributed by atoms with Crippen LogP contribution in [-0.4, -0.2) is 275 Å². The number of fused-ring (bicyclic) bond motifs is 5. The summed E-state index contributed by atoms with van der Waals surface area (Å²) in [5.41, 5.74) is 24.0. The van der Waals surface area contributed by atoms with Gasteiger partial charge in [-0.15, -0.1) is 5.10 Å². The van der Waals surface area contributed by atoms with E-state index in [1.165, 1.54) is 26.4 Å². The lowest BCUT2D eigenvalue weighted by Gasteiger charge is -2.43. The van der Waals surface area contributed by atoms with Gasteiger partial charge in [0, 0.05) is 81.7 Å². The maximum absolute atomic E-state index is 14.7. The Kier molecular flexibility index (Phi) is 40.0. The molecular weight excluding hydrogens is 1590 g/mol. The van der Waals surface area contributed by atoms with Crippen molar-refractivity contribution in [1.29, 1.82) is 0 Å². The first-order valence-electron chi connectivity index (χ1n) is 43.3. The van der Waals surface area contributed by atoms with Crippen molar-refractivity contribution in [2.24, 2.45) is 35.3 Å². The van der Waals surface area contributed by atoms with Crippen molar-refractivity contribution < 1.29 is 105 Å². The number of nitrogens with two attached hydrogens (primary N) is 3. The number of aliphatic hydroxyl groups excluding tert-OH is 2. The molecule has 9 rings (SSSR count). The number of cyclic esters (lactones) is 1. The van der Waals surface area contributed by atoms with Crippen LogP contribution in [-0.2, 0) is 100 Å². The fraction of sp³-hybridized carbons (Fsp3) is 0.667. The molecule has 0 radical (unpaired) electrons. The van der Waals surface area contributed by atoms with E-state index < -0.39 is 101 Å². The molecule has 3 aliphatic heterocycles. The Morgan fingerprint density at radius 2 is 1.47 bits per heavy atom. The third kappa shape index (κ3) is 29.9. The quantitative estimate of drug-likeness (QED) is 0.00875. The number of esters is 1. The number of aryl methyl sites for hydroxylation is 2. The number of hydrogen-bond acceptors (Lipinski definition) is 31. The molecule has 123 heavy (non-hydrogen) atoms. The zero-order chi connectivity index (χ0) is 88.4. The predicted molar refractivity (Wildman–Crippen MR) is 453 cm³/mol. The Morgan fingerprint density at radius 1 is 0.756 bits per heavy atom. The lowest BCUT2D eigenvalue weighted by Crippen LogP contribution is -2.61. The van der Waals surface area contributed by atoms with Gasteiger partial charge in [-0.1, -0.05) is 74.9 Å². The molecule has 2 saturated heterocycles. The Morgan fingerprint density at radius 3 is 2.19 bits per heavy atom. The number of aliphatic hydroxyl groups is 3. The number of piperidine rings is 1. The molecule has 4 aliphatic rings. The highest BCUT2D eigenvalue weighted by Gasteiger charge is 2.53. The van der Waals surface area contributed by atoms with Crippen LogP contribution in [0.2, 0.25) is 0 Å². The Balaban J connectivity index is 0.625. The number of amides is 3. The molecule has 3 fully saturated rings. The molecule has 5 aromatic rings. The number of oxazole rings is 1. The molecule has 0 spiro atoms. The minimum Gasteiger partial charge on any atom is -0.459 e. The van der Waals surface area contributed by atoms with E-state index in [-0.39, 0.29) is 86.8 Å². The molecule has 11 N–H and O–H groups in total. The molecule has 680 valence electrons. The van der Waals surface area contributed by atoms with Crippen molar-refractivity contribution in [3.63, 3.8) is 0 Å². The Labute approximate surface area is 718 Å². The number of anilines is 2. The largest absolute Gasteiger partial charge is 0.459 e. The van der Waals surface area contributed by atoms with Gasteiger partial charge in [0.05, 0.1) is 128 Å². The minimum atomic E-state index is -2.59. The SMILES string of the molecule is COC(=O)NC1C[C@@H]2CC[C@@H](C)[C@@](O)(O2)C(=O)C(=O)N2CCCC[C@H]2C(=O)O[C@H]([C@H](N)C[C@@H]2CC[C@@H](OCCCCc3cn(CCOCCOCCOCCOCCOCCOCCC(=O)NCCCCn4nc(-c5ccc6oc(N)nc6c5)c5c(N)ncnc54)nn3)[C@H](OC)C2)CC(=O)[C@H](C)/C=C(\C)[C@@H](O)[C@@H](O)C(=O)[C@H](C)C[C@H](C)/C=C/C=C/C=C/1C. The molecule has 36 heteroatoms. The van der Waals surface area contributed by atoms with Gasteiger partial charge < -0.3 is 105 Å². The van der Waals surface area contributed by atoms with E-state index in [1.54, 1.807) is 74.5 Å². The smallest absolute Gasteiger partial charge is 0.407 e. The van der Waals surface area contributed by atoms with E-state index in [0.29, 0.717) is 196 Å². The number of alkyl carbamates (subject to hydrolysis) is 1. The average molecular weight is 1720 g/mol. The Bertz CT molecular complexity index is 4320. The third-order valence-corrected chi connectivity index (χ3v) is 23.1. The van der Waals surface area contributed by atoms with Crippen molar-refractivity contribution >= 4 is 75.2 Å². The number of carbonyl (C=O) groups is 7. The first-order chi connectivity index (χ1) is 59.2. The van der Waals surface area contributed by atoms with Crippen LogP contribution in [0.3, 0.4) is 0 Å². The fourth-order valence-electron chi connectivity index (χ4n) is 15.9. The van der Waals surface area contributed by atoms with Crippen LogP contribution in [0, 0.1) is 29.6 Å². The molecule has 1 aliphatic carbocycles. The van der Waals surface area contributed by atoms with Gasteiger partial charge in [-0.2, -0.15) is 10.1 Å². The maximum atomic E-state index is 14.7. The van der Waals surface area contributed by atoms with Gasteiger partial charge in [-0.25, -0.2) is 28.9 Å². The molecule has 7 heterocycles. The first-order valence-corrected chi connectivity index (χ1v) is 43.3. The summed E-state index contributed by atoms with van der Waals surface area (Å²) < 4.78 is 72.7. The van der Waals surface area contributed by atoms with Crippen molar-refractivity contribution in [3.8, 4) is 11.3 Å². The number of allylic oxidation sites excluding steroid dienone is 6. The molecule has 2 bridgehead atoms. The number of nitrogen functional groups attached to an aromatic ring is 2. The van der Waals surface area contributed by atoms with Crippen LogP contribution in [0.1, 0.15) is 156 Å². The number of rotatable bonds is 38. The van der Waals surface area contributed by atoms with Gasteiger partial charge in [0.2, 0.25) is 11.7 Å². The number of aromatic nitrogens is 8. The number of carbonyl (C=O) groups excluding carboxylic acids is 7. The number of hydrogen-bond donors (Lipinski definition) is 8. The maximum Gasteiger partial charge on any atom is 0.407 e. The molecule has 15 atom stereocenters. The molecule has 1 aromatic carbocycles. The number of ether oxygens (including phenoxy) is 11. The number of nitrogens with one attached hydrogen (secondary N) is 2. The van der Waals surface area contributed by atoms with E-state index in [2.05, 4.69) is 35.9 Å². The number of ketones is 3. The summed E-state index contributed by atoms with van der Waals surface area (Å²) in [6.07, 6.45) is 15.1. The highest BCUT2D eigenvalue weighted by Crippen LogP contribution is 2.39. The van der Waals surface area contributed by atoms with E-state index >= 15 is 0 Å². The van der Waals surface area contributed by atoms with Crippen LogP contribution >= 0.6 is 0 Å². The van der Waals surface area contributed by atoms with E-state index in [1.807, 2.05) is 31.3 Å². The topological polar surface area (TPSA) is 487 Å². The van der Waals surface area contributed by atoms with Crippen LogP contribution in [0.25, 0.3) is 33.4 Å². The monoisotopic (exact) mass is 1720 g/mol. The normalized spacial score (nSPS) is 26.9. The highest BCUT2D eigenvalue weighted by atomic mass is 16.6. The molecule has 3 amide bonds. The summed E-state index contributed by atoms with van der Waals surface area (Å²) in [6.45, 7) is 16.9. The number of nitrogens with zero attached hydrogens (tertiary/aromatic N) is 9. The fourth-order valence-corrected chi connectivity index (χ4v) is 15.9. The lowest BCUT2D eigenvalue weighted by molar-refractivity contribution is -0.264. The average Bonchev–Trinajstić information content (AvgIpc) is 1.69. The molecule has 36 nitrogen and oxygen atoms in total. The van der Waals surface area contributed by atoms with E-state index in [9.17, 15) is 48.9 Å². The van der Waals surface area contributed by atoms with Crippen molar-refractivity contribution in [3.05, 3.63) is 84.0 Å². The van der Waals surface area contributed by atoms with Gasteiger partial charge >= 0.3 is 12.1 Å². The lowest BCUT2D eigenvalue weighted by atomic mass is 9.80. The van der Waals surface area contributed by atoms with Crippen LogP contribution in [0.5, 0.6) is 0 Å². The van der Waals surface area contributed by atoms with Crippen LogP contribution in [0.4, 0.5) is 16.6 Å². The summed E-state index contributed by atoms with van der Waals surface area (Å²) in [5.74, 6) is -9.19. The zero-order valence-electron chi connectivity index (χ0n) is 72.5. The standard InChI is InChI=1S/C87H130N14O22/c1-55-18-10-9-11-19-56(2)66(95-86(110)113-8)51-64-25-22-60(6)87(111,123-64)80(107)83(108)100-30-15-12-21-68(100)84(109)121-72(52-69(102)57(3)47-59(5)78(105)79(106)77(104)58(4)46-55)65(88)48-61-23-26-71(73(49-61)112-7)120-33-17-13-20-63-53-99(98-96-63)32-35-115-37-39-117-41-43-119-45-44-118-42-40-116-38-36-114-34-28-74(103)91-29-14-16-31-101-82-75(81(89)92-54-93-82)76(97-101)62-24-27-70-67(50-62)94-85(90)122-70/h9-11,18-19,24,27,47,50,53-55,57-58,60-61,64-66,68,71-73,78-79,105-106,111H,12-17,20-23,25-26,28-46,48-49,51-52,88H2,1-8H3,(H2,90,94)(H,91,103)(H,95,110)(H2,89,92,93)/b11-9+,18-10+,56-19+,59-47+/t55-,57-,58-,60-,61+,64+,65-,66?,68+,71-,72+,73-,78-,79+,87-/m1/s1. The second-order valence-electron chi connectivity index (χ2n) is 32.5. The summed E-state index contributed by atoms with van der Waals surface area (Å²) in [6, 6.07) is 2.67. The second kappa shape index (κ2) is 50.3. The predicted octanol–water partition coefficient (Wildman–Crippen LogP) is 6.76. The van der Waals surface area contributed by atoms with Gasteiger partial charge in [-0.05, 0) is 152 Å². The molecule has 1 unspecified atom stereocenters. The van der Waals surface area contributed by atoms with Gasteiger partial charge in [0.1, 0.15) is 53.5 Å². The number of benzene rings is 1. The van der Waals surface area contributed by atoms with Gasteiger partial charge in [0.15, 0.2) is 17.0 Å². The van der Waals surface area contributed by atoms with E-state index in [0.717, 1.165) is 41.8 Å². The van der Waals surface area contributed by atoms with Crippen molar-refractivity contribution in [2.45, 2.75) is 231 Å². The summed E-state index contributed by atoms with van der Waals surface area (Å²) in [4.78, 5) is 111. The Hall–Kier alpha value is -8.89. The van der Waals surface area contributed by atoms with Crippen LogP contribution < -0.4 is 27.8 Å². The van der Waals surface area contributed by atoms with E-state index in [4.69, 9.17) is 78.8 Å². The number of Topliss-reactive ketones (excluding diaryl/α,β-unsaturated/α-hetero) is 3. The van der Waals surface area contributed by atoms with Gasteiger partial charge in [0.25, 0.3) is 17.7 Å². The summed E-state index contributed by atoms with van der Waals surface area (Å²) in [7, 11) is 2.86. The van der Waals surface area contributed by atoms with Crippen LogP contribution in [0.15, 0.2) is 82.7 Å². The van der Waals surface area contributed by atoms with Crippen molar-refractivity contribution in [1.82, 2.24) is 55.3 Å². The second-order valence-corrected chi connectivity index (χ2v) is 32.5. The highest BCUT2D eigenvalue weighted by molar-refractivity contribution is 6.39. The minimum absolute atomic E-state index is 0.0166. The molecule has 4 aromatic heterocycles. The molecular formula is C87H130N14O22. The van der Waals surface area contributed by atoms with Gasteiger partial charge in [-0.3, -0.25) is 24.0 Å². The number of unbranched alkanes of at least 4 members (excludes halogenated alkanes) is 2. The summed E-state index contributed by atoms with van der Waals surface area (Å²) in [5, 5.41) is 54.6. The van der Waals surface area contributed by atoms with Crippen molar-refractivity contribution in [2.75, 3.05) is 125 Å². The number of methoxy groups -OCH3 is 2. The first kappa shape index (κ1) is 97.9. The molecule has 1 saturated carbocycles. The zero-order valence-corrected chi connectivity index (χ0v) is 72.5. The third-order valence-electron chi connectivity index (χ3n) is 23.1. The summed E-state index contributed by atoms with van der Waals surface area (Å²) >= 11 is 0.